The minimum Gasteiger partial charge on any atom is -0.307 e. The standard InChI is InChI=1S/C16H18N2O9S3/c1-11-4-6-13(7-5-11)28(20,21)18-16(19)17-12-8-14(29(22,23)26-2)10-15(9-12)30(24,25)27-3/h4-10H,1-3H3,(H2,17,18,19). The van der Waals surface area contributed by atoms with Crippen molar-refractivity contribution in [1.29, 1.82) is 0 Å². The quantitative estimate of drug-likeness (QED) is 0.556. The molecule has 30 heavy (non-hydrogen) atoms. The van der Waals surface area contributed by atoms with Gasteiger partial charge in [-0.25, -0.2) is 17.9 Å². The molecule has 0 aliphatic carbocycles. The summed E-state index contributed by atoms with van der Waals surface area (Å²) in [6.07, 6.45) is 0. The van der Waals surface area contributed by atoms with E-state index in [4.69, 9.17) is 0 Å². The lowest BCUT2D eigenvalue weighted by atomic mass is 10.2. The van der Waals surface area contributed by atoms with E-state index in [9.17, 15) is 30.0 Å². The van der Waals surface area contributed by atoms with E-state index in [1.165, 1.54) is 24.3 Å². The maximum absolute atomic E-state index is 12.3. The van der Waals surface area contributed by atoms with Crippen LogP contribution in [-0.2, 0) is 38.6 Å². The summed E-state index contributed by atoms with van der Waals surface area (Å²) < 4.78 is 82.9. The van der Waals surface area contributed by atoms with Gasteiger partial charge in [-0.15, -0.1) is 0 Å². The van der Waals surface area contributed by atoms with Gasteiger partial charge in [0.25, 0.3) is 30.3 Å². The fourth-order valence-corrected chi connectivity index (χ4v) is 4.63. The Kier molecular flexibility index (Phi) is 6.88. The van der Waals surface area contributed by atoms with Crippen LogP contribution in [0, 0.1) is 6.92 Å². The number of benzene rings is 2. The smallest absolute Gasteiger partial charge is 0.307 e. The highest BCUT2D eigenvalue weighted by atomic mass is 32.2. The molecule has 164 valence electrons. The number of sulfonamides is 1. The summed E-state index contributed by atoms with van der Waals surface area (Å²) >= 11 is 0. The summed E-state index contributed by atoms with van der Waals surface area (Å²) in [5, 5.41) is 2.08. The maximum Gasteiger partial charge on any atom is 0.333 e. The average Bonchev–Trinajstić information content (AvgIpc) is 2.67. The Morgan fingerprint density at radius 3 is 1.67 bits per heavy atom. The molecule has 2 aromatic carbocycles. The normalized spacial score (nSPS) is 12.4. The van der Waals surface area contributed by atoms with Crippen molar-refractivity contribution in [2.24, 2.45) is 0 Å². The van der Waals surface area contributed by atoms with Crippen LogP contribution in [0.25, 0.3) is 0 Å². The molecule has 2 rings (SSSR count). The number of carbonyl (C=O) groups is 1. The lowest BCUT2D eigenvalue weighted by Gasteiger charge is -2.12. The van der Waals surface area contributed by atoms with Crippen LogP contribution in [0.1, 0.15) is 5.56 Å². The summed E-state index contributed by atoms with van der Waals surface area (Å²) in [6.45, 7) is 1.75. The number of amides is 2. The summed E-state index contributed by atoms with van der Waals surface area (Å²) in [5.74, 6) is 0. The third-order valence-corrected chi connectivity index (χ3v) is 7.56. The van der Waals surface area contributed by atoms with Crippen LogP contribution < -0.4 is 10.0 Å². The van der Waals surface area contributed by atoms with Crippen molar-refractivity contribution in [3.63, 3.8) is 0 Å². The number of rotatable bonds is 7. The number of urea groups is 1. The molecule has 11 nitrogen and oxygen atoms in total. The lowest BCUT2D eigenvalue weighted by Crippen LogP contribution is -2.34. The van der Waals surface area contributed by atoms with Crippen molar-refractivity contribution < 1.29 is 38.4 Å². The molecule has 0 atom stereocenters. The first-order valence-corrected chi connectivity index (χ1v) is 12.3. The fourth-order valence-electron chi connectivity index (χ4n) is 2.18. The van der Waals surface area contributed by atoms with Crippen LogP contribution in [0.3, 0.4) is 0 Å². The minimum atomic E-state index is -4.34. The van der Waals surface area contributed by atoms with Crippen molar-refractivity contribution >= 4 is 42.0 Å². The Bertz CT molecular complexity index is 1220. The highest BCUT2D eigenvalue weighted by Crippen LogP contribution is 2.24. The van der Waals surface area contributed by atoms with Crippen molar-refractivity contribution in [2.45, 2.75) is 21.6 Å². The zero-order chi connectivity index (χ0) is 22.7. The van der Waals surface area contributed by atoms with Gasteiger partial charge >= 0.3 is 6.03 Å². The van der Waals surface area contributed by atoms with Gasteiger partial charge in [-0.1, -0.05) is 17.7 Å². The molecule has 2 N–H and O–H groups in total. The van der Waals surface area contributed by atoms with Crippen LogP contribution in [0.4, 0.5) is 10.5 Å². The van der Waals surface area contributed by atoms with Crippen molar-refractivity contribution in [3.8, 4) is 0 Å². The summed E-state index contributed by atoms with van der Waals surface area (Å²) in [4.78, 5) is 10.8. The van der Waals surface area contributed by atoms with Crippen LogP contribution >= 0.6 is 0 Å². The SMILES string of the molecule is COS(=O)(=O)c1cc(NC(=O)NS(=O)(=O)c2ccc(C)cc2)cc(S(=O)(=O)OC)c1. The first kappa shape index (κ1) is 23.8. The van der Waals surface area contributed by atoms with Crippen molar-refractivity contribution in [3.05, 3.63) is 48.0 Å². The molecular weight excluding hydrogens is 460 g/mol. The van der Waals surface area contributed by atoms with Crippen LogP contribution in [0.2, 0.25) is 0 Å². The molecule has 0 fully saturated rings. The maximum atomic E-state index is 12.3. The molecule has 0 heterocycles. The van der Waals surface area contributed by atoms with Crippen LogP contribution in [-0.4, -0.2) is 45.5 Å². The summed E-state index contributed by atoms with van der Waals surface area (Å²) in [5.41, 5.74) is 0.474. The third kappa shape index (κ3) is 5.54. The molecule has 0 bridgehead atoms. The van der Waals surface area contributed by atoms with E-state index in [1.807, 2.05) is 0 Å². The third-order valence-electron chi connectivity index (χ3n) is 3.71. The monoisotopic (exact) mass is 478 g/mol. The van der Waals surface area contributed by atoms with Crippen molar-refractivity contribution in [1.82, 2.24) is 4.72 Å². The zero-order valence-corrected chi connectivity index (χ0v) is 18.4. The number of anilines is 1. The van der Waals surface area contributed by atoms with Gasteiger partial charge in [-0.05, 0) is 37.3 Å². The van der Waals surface area contributed by atoms with Gasteiger partial charge < -0.3 is 5.32 Å². The molecule has 2 amide bonds. The Hall–Kier alpha value is -2.52. The molecule has 0 saturated carbocycles. The molecule has 0 aliphatic heterocycles. The van der Waals surface area contributed by atoms with Gasteiger partial charge in [-0.3, -0.25) is 8.37 Å². The van der Waals surface area contributed by atoms with Gasteiger partial charge in [-0.2, -0.15) is 16.8 Å². The molecule has 0 saturated heterocycles. The van der Waals surface area contributed by atoms with Crippen LogP contribution in [0.15, 0.2) is 57.2 Å². The molecule has 14 heteroatoms. The summed E-state index contributed by atoms with van der Waals surface area (Å²) in [7, 11) is -11.2. The highest BCUT2D eigenvalue weighted by Gasteiger charge is 2.23. The van der Waals surface area contributed by atoms with Gasteiger partial charge in [0, 0.05) is 5.69 Å². The van der Waals surface area contributed by atoms with E-state index < -0.39 is 46.1 Å². The second-order valence-corrected chi connectivity index (χ2v) is 10.9. The Morgan fingerprint density at radius 2 is 1.23 bits per heavy atom. The fraction of sp³-hybridized carbons (Fsp3) is 0.188. The Morgan fingerprint density at radius 1 is 0.767 bits per heavy atom. The largest absolute Gasteiger partial charge is 0.333 e. The molecule has 0 aromatic heterocycles. The molecular formula is C16H18N2O9S3. The second kappa shape index (κ2) is 8.69. The summed E-state index contributed by atoms with van der Waals surface area (Å²) in [6, 6.07) is 6.96. The first-order chi connectivity index (χ1) is 13.8. The van der Waals surface area contributed by atoms with Gasteiger partial charge in [0.1, 0.15) is 0 Å². The van der Waals surface area contributed by atoms with Gasteiger partial charge in [0.2, 0.25) is 0 Å². The average molecular weight is 479 g/mol. The number of nitrogens with one attached hydrogen (secondary N) is 2. The molecule has 2 aromatic rings. The first-order valence-electron chi connectivity index (χ1n) is 7.97. The number of aryl methyl sites for hydroxylation is 1. The zero-order valence-electron chi connectivity index (χ0n) is 15.9. The van der Waals surface area contributed by atoms with E-state index in [0.717, 1.165) is 38.0 Å². The molecule has 0 aliphatic rings. The van der Waals surface area contributed by atoms with E-state index in [2.05, 4.69) is 13.7 Å². The number of hydrogen-bond donors (Lipinski definition) is 2. The van der Waals surface area contributed by atoms with Crippen LogP contribution in [0.5, 0.6) is 0 Å². The second-order valence-electron chi connectivity index (χ2n) is 5.81. The molecule has 0 spiro atoms. The van der Waals surface area contributed by atoms with Crippen molar-refractivity contribution in [2.75, 3.05) is 19.5 Å². The predicted molar refractivity (Wildman–Crippen MR) is 105 cm³/mol. The molecule has 0 unspecified atom stereocenters. The van der Waals surface area contributed by atoms with Gasteiger partial charge in [0.15, 0.2) is 0 Å². The topological polar surface area (TPSA) is 162 Å². The minimum absolute atomic E-state index is 0.179. The lowest BCUT2D eigenvalue weighted by molar-refractivity contribution is 0.256. The van der Waals surface area contributed by atoms with E-state index in [0.29, 0.717) is 0 Å². The predicted octanol–water partition coefficient (Wildman–Crippen LogP) is 1.18. The Balaban J connectivity index is 2.39. The highest BCUT2D eigenvalue weighted by molar-refractivity contribution is 7.90. The number of carbonyl (C=O) groups excluding carboxylic acids is 1. The van der Waals surface area contributed by atoms with Gasteiger partial charge in [0.05, 0.1) is 28.9 Å². The molecule has 0 radical (unpaired) electrons. The van der Waals surface area contributed by atoms with E-state index >= 15 is 0 Å². The van der Waals surface area contributed by atoms with E-state index in [1.54, 1.807) is 11.6 Å². The van der Waals surface area contributed by atoms with E-state index in [-0.39, 0.29) is 10.6 Å². The number of hydrogen-bond acceptors (Lipinski definition) is 9. The Labute approximate surface area is 174 Å².